The second kappa shape index (κ2) is 5.82. The molecule has 1 unspecified atom stereocenters. The molecule has 0 saturated heterocycles. The van der Waals surface area contributed by atoms with Crippen LogP contribution in [0.4, 0.5) is 5.00 Å². The highest BCUT2D eigenvalue weighted by atomic mass is 32.1. The number of hydrogen-bond donors (Lipinski definition) is 1. The van der Waals surface area contributed by atoms with Crippen LogP contribution in [0.2, 0.25) is 0 Å². The van der Waals surface area contributed by atoms with Crippen molar-refractivity contribution in [3.63, 3.8) is 0 Å². The number of methoxy groups -OCH3 is 1. The molecule has 0 aliphatic heterocycles. The molecule has 1 N–H and O–H groups in total. The van der Waals surface area contributed by atoms with Gasteiger partial charge in [0.1, 0.15) is 16.6 Å². The second-order valence-corrected chi connectivity index (χ2v) is 4.89. The van der Waals surface area contributed by atoms with E-state index in [1.807, 2.05) is 20.0 Å². The van der Waals surface area contributed by atoms with E-state index < -0.39 is 0 Å². The molecule has 7 heteroatoms. The molecule has 0 aliphatic rings. The Hall–Kier alpha value is -1.91. The first-order chi connectivity index (χ1) is 9.17. The fraction of sp³-hybridized carbons (Fsp3) is 0.417. The van der Waals surface area contributed by atoms with Crippen LogP contribution in [-0.2, 0) is 11.8 Å². The molecule has 100 valence electrons. The molecule has 1 atom stereocenters. The number of anilines is 1. The molecule has 2 rings (SSSR count). The lowest BCUT2D eigenvalue weighted by atomic mass is 10.2. The summed E-state index contributed by atoms with van der Waals surface area (Å²) < 4.78 is 11.2. The van der Waals surface area contributed by atoms with Gasteiger partial charge in [-0.3, -0.25) is 4.68 Å². The van der Waals surface area contributed by atoms with Gasteiger partial charge in [0.25, 0.3) is 0 Å². The summed E-state index contributed by atoms with van der Waals surface area (Å²) in [6.07, 6.45) is 1.74. The molecular weight excluding hydrogens is 262 g/mol. The number of rotatable bonds is 5. The Morgan fingerprint density at radius 2 is 2.42 bits per heavy atom. The van der Waals surface area contributed by atoms with E-state index in [-0.39, 0.29) is 6.04 Å². The monoisotopic (exact) mass is 277 g/mol. The summed E-state index contributed by atoms with van der Waals surface area (Å²) in [5, 5.41) is 17.4. The minimum atomic E-state index is -0.0653. The van der Waals surface area contributed by atoms with Crippen LogP contribution in [0.25, 0.3) is 0 Å². The van der Waals surface area contributed by atoms with E-state index in [0.717, 1.165) is 16.4 Å². The Bertz CT molecular complexity index is 598. The van der Waals surface area contributed by atoms with E-state index in [1.165, 1.54) is 11.5 Å². The smallest absolute Gasteiger partial charge is 0.128 e. The number of nitrogens with zero attached hydrogens (tertiary/aromatic N) is 4. The molecular formula is C12H15N5OS. The Balaban J connectivity index is 2.27. The number of aryl methyl sites for hydroxylation is 2. The Kier molecular flexibility index (Phi) is 4.14. The van der Waals surface area contributed by atoms with E-state index in [0.29, 0.717) is 12.2 Å². The topological polar surface area (TPSA) is 75.8 Å². The fourth-order valence-electron chi connectivity index (χ4n) is 1.85. The number of hydrogen-bond acceptors (Lipinski definition) is 6. The van der Waals surface area contributed by atoms with Crippen LogP contribution in [0.3, 0.4) is 0 Å². The number of nitrogens with one attached hydrogen (secondary N) is 1. The van der Waals surface area contributed by atoms with Gasteiger partial charge in [0, 0.05) is 20.4 Å². The van der Waals surface area contributed by atoms with Crippen molar-refractivity contribution < 1.29 is 4.74 Å². The van der Waals surface area contributed by atoms with Gasteiger partial charge in [0.15, 0.2) is 0 Å². The number of ether oxygens (including phenoxy) is 1. The van der Waals surface area contributed by atoms with Crippen molar-refractivity contribution >= 4 is 16.5 Å². The van der Waals surface area contributed by atoms with E-state index in [2.05, 4.69) is 20.9 Å². The zero-order chi connectivity index (χ0) is 13.8. The third-order valence-corrected chi connectivity index (χ3v) is 3.70. The maximum Gasteiger partial charge on any atom is 0.128 e. The Morgan fingerprint density at radius 3 is 3.00 bits per heavy atom. The predicted octanol–water partition coefficient (Wildman–Crippen LogP) is 1.86. The zero-order valence-corrected chi connectivity index (χ0v) is 11.9. The van der Waals surface area contributed by atoms with Gasteiger partial charge < -0.3 is 10.1 Å². The lowest BCUT2D eigenvalue weighted by Gasteiger charge is -2.18. The van der Waals surface area contributed by atoms with Crippen LogP contribution in [0.1, 0.15) is 23.0 Å². The maximum atomic E-state index is 9.14. The third kappa shape index (κ3) is 2.75. The molecule has 0 aromatic carbocycles. The van der Waals surface area contributed by atoms with Gasteiger partial charge in [-0.1, -0.05) is 0 Å². The molecule has 0 spiro atoms. The van der Waals surface area contributed by atoms with E-state index >= 15 is 0 Å². The van der Waals surface area contributed by atoms with Crippen molar-refractivity contribution in [3.05, 3.63) is 29.2 Å². The quantitative estimate of drug-likeness (QED) is 0.902. The van der Waals surface area contributed by atoms with Crippen molar-refractivity contribution in [2.45, 2.75) is 13.0 Å². The normalized spacial score (nSPS) is 12.1. The maximum absolute atomic E-state index is 9.14. The number of aromatic nitrogens is 3. The molecule has 19 heavy (non-hydrogen) atoms. The highest BCUT2D eigenvalue weighted by Gasteiger charge is 2.18. The van der Waals surface area contributed by atoms with Gasteiger partial charge in [0.05, 0.1) is 24.0 Å². The number of nitriles is 1. The molecule has 2 aromatic heterocycles. The highest BCUT2D eigenvalue weighted by Crippen LogP contribution is 2.28. The molecule has 0 bridgehead atoms. The molecule has 2 aromatic rings. The van der Waals surface area contributed by atoms with E-state index in [1.54, 1.807) is 18.0 Å². The minimum Gasteiger partial charge on any atom is -0.382 e. The first kappa shape index (κ1) is 13.5. The summed E-state index contributed by atoms with van der Waals surface area (Å²) in [7, 11) is 3.52. The van der Waals surface area contributed by atoms with Gasteiger partial charge in [-0.25, -0.2) is 0 Å². The molecule has 0 saturated carbocycles. The Labute approximate surface area is 115 Å². The SMILES string of the molecule is COCC(Nc1snc(C)c1C#N)c1ccnn1C. The minimum absolute atomic E-state index is 0.0653. The summed E-state index contributed by atoms with van der Waals surface area (Å²) in [4.78, 5) is 0. The summed E-state index contributed by atoms with van der Waals surface area (Å²) in [6.45, 7) is 2.32. The van der Waals surface area contributed by atoms with Gasteiger partial charge in [-0.15, -0.1) is 0 Å². The lowest BCUT2D eigenvalue weighted by Crippen LogP contribution is -2.19. The molecule has 6 nitrogen and oxygen atoms in total. The van der Waals surface area contributed by atoms with Crippen LogP contribution in [0.5, 0.6) is 0 Å². The van der Waals surface area contributed by atoms with Crippen LogP contribution in [-0.4, -0.2) is 27.9 Å². The third-order valence-electron chi connectivity index (χ3n) is 2.83. The van der Waals surface area contributed by atoms with Crippen molar-refractivity contribution in [1.29, 1.82) is 5.26 Å². The van der Waals surface area contributed by atoms with Crippen molar-refractivity contribution in [1.82, 2.24) is 14.2 Å². The van der Waals surface area contributed by atoms with Gasteiger partial charge in [0.2, 0.25) is 0 Å². The summed E-state index contributed by atoms with van der Waals surface area (Å²) in [5.74, 6) is 0. The molecule has 0 radical (unpaired) electrons. The first-order valence-electron chi connectivity index (χ1n) is 5.77. The molecule has 0 aliphatic carbocycles. The van der Waals surface area contributed by atoms with Crippen molar-refractivity contribution in [2.75, 3.05) is 19.0 Å². The molecule has 2 heterocycles. The van der Waals surface area contributed by atoms with E-state index in [4.69, 9.17) is 10.00 Å². The fourth-order valence-corrected chi connectivity index (χ4v) is 2.65. The summed E-state index contributed by atoms with van der Waals surface area (Å²) in [6, 6.07) is 4.04. The van der Waals surface area contributed by atoms with Gasteiger partial charge >= 0.3 is 0 Å². The largest absolute Gasteiger partial charge is 0.382 e. The van der Waals surface area contributed by atoms with Crippen molar-refractivity contribution in [2.24, 2.45) is 7.05 Å². The molecule has 0 amide bonds. The second-order valence-electron chi connectivity index (χ2n) is 4.12. The standard InChI is InChI=1S/C12H15N5OS/c1-8-9(6-13)12(19-16-8)15-10(7-18-3)11-4-5-14-17(11)2/h4-5,10,15H,7H2,1-3H3. The zero-order valence-electron chi connectivity index (χ0n) is 11.0. The van der Waals surface area contributed by atoms with Gasteiger partial charge in [-0.05, 0) is 24.5 Å². The van der Waals surface area contributed by atoms with Crippen LogP contribution in [0, 0.1) is 18.3 Å². The van der Waals surface area contributed by atoms with Crippen LogP contribution >= 0.6 is 11.5 Å². The predicted molar refractivity (Wildman–Crippen MR) is 73.0 cm³/mol. The van der Waals surface area contributed by atoms with E-state index in [9.17, 15) is 0 Å². The van der Waals surface area contributed by atoms with Gasteiger partial charge in [-0.2, -0.15) is 14.7 Å². The average Bonchev–Trinajstić information content (AvgIpc) is 2.95. The van der Waals surface area contributed by atoms with Crippen LogP contribution < -0.4 is 5.32 Å². The average molecular weight is 277 g/mol. The Morgan fingerprint density at radius 1 is 1.63 bits per heavy atom. The summed E-state index contributed by atoms with van der Waals surface area (Å²) >= 11 is 1.29. The molecule has 0 fully saturated rings. The van der Waals surface area contributed by atoms with Crippen molar-refractivity contribution in [3.8, 4) is 6.07 Å². The summed E-state index contributed by atoms with van der Waals surface area (Å²) in [5.41, 5.74) is 2.33. The van der Waals surface area contributed by atoms with Crippen LogP contribution in [0.15, 0.2) is 12.3 Å². The lowest BCUT2D eigenvalue weighted by molar-refractivity contribution is 0.184. The highest BCUT2D eigenvalue weighted by molar-refractivity contribution is 7.10. The first-order valence-corrected chi connectivity index (χ1v) is 6.54.